The third-order valence-electron chi connectivity index (χ3n) is 4.54. The summed E-state index contributed by atoms with van der Waals surface area (Å²) in [6.07, 6.45) is -4.21. The number of piperidine rings is 1. The summed E-state index contributed by atoms with van der Waals surface area (Å²) in [4.78, 5) is 16.5. The van der Waals surface area contributed by atoms with Crippen molar-refractivity contribution in [2.24, 2.45) is 0 Å². The van der Waals surface area contributed by atoms with Crippen molar-refractivity contribution in [2.45, 2.75) is 31.0 Å². The van der Waals surface area contributed by atoms with Crippen molar-refractivity contribution >= 4 is 16.8 Å². The maximum atomic E-state index is 13.3. The summed E-state index contributed by atoms with van der Waals surface area (Å²) < 4.78 is 51.7. The molecule has 0 spiro atoms. The van der Waals surface area contributed by atoms with Gasteiger partial charge in [0.1, 0.15) is 5.82 Å². The Labute approximate surface area is 135 Å². The second kappa shape index (κ2) is 5.77. The van der Waals surface area contributed by atoms with Crippen LogP contribution in [0.2, 0.25) is 0 Å². The molecule has 3 rings (SSSR count). The van der Waals surface area contributed by atoms with Crippen LogP contribution in [0.1, 0.15) is 18.4 Å². The van der Waals surface area contributed by atoms with Gasteiger partial charge >= 0.3 is 6.18 Å². The highest BCUT2D eigenvalue weighted by molar-refractivity contribution is 5.89. The molecule has 0 saturated carbocycles. The zero-order valence-electron chi connectivity index (χ0n) is 12.7. The fourth-order valence-corrected chi connectivity index (χ4v) is 2.98. The number of fused-ring (bicyclic) bond motifs is 1. The Balaban J connectivity index is 1.69. The minimum absolute atomic E-state index is 0.0338. The summed E-state index contributed by atoms with van der Waals surface area (Å²) in [5, 5.41) is 10.2. The quantitative estimate of drug-likeness (QED) is 0.823. The Morgan fingerprint density at radius 1 is 1.29 bits per heavy atom. The number of alkyl halides is 3. The van der Waals surface area contributed by atoms with E-state index < -0.39 is 30.4 Å². The number of halogens is 4. The monoisotopic (exact) mass is 344 g/mol. The summed E-state index contributed by atoms with van der Waals surface area (Å²) >= 11 is 0. The number of nitrogens with one attached hydrogen (secondary N) is 1. The first-order valence-electron chi connectivity index (χ1n) is 7.52. The van der Waals surface area contributed by atoms with Gasteiger partial charge in [-0.1, -0.05) is 0 Å². The number of amides is 1. The molecular weight excluding hydrogens is 328 g/mol. The first kappa shape index (κ1) is 16.8. The number of aromatic amines is 1. The molecule has 0 bridgehead atoms. The molecule has 2 heterocycles. The molecule has 4 nitrogen and oxygen atoms in total. The van der Waals surface area contributed by atoms with Gasteiger partial charge in [0.15, 0.2) is 5.60 Å². The summed E-state index contributed by atoms with van der Waals surface area (Å²) in [5.74, 6) is -0.770. The van der Waals surface area contributed by atoms with Gasteiger partial charge in [-0.3, -0.25) is 4.79 Å². The number of H-pyrrole nitrogens is 1. The second-order valence-electron chi connectivity index (χ2n) is 6.09. The smallest absolute Gasteiger partial charge is 0.380 e. The van der Waals surface area contributed by atoms with Gasteiger partial charge in [-0.05, 0) is 23.8 Å². The molecule has 130 valence electrons. The van der Waals surface area contributed by atoms with Crippen molar-refractivity contribution < 1.29 is 27.5 Å². The van der Waals surface area contributed by atoms with Crippen LogP contribution in [0.15, 0.2) is 24.4 Å². The predicted octanol–water partition coefficient (Wildman–Crippen LogP) is 2.77. The minimum Gasteiger partial charge on any atom is -0.380 e. The highest BCUT2D eigenvalue weighted by Crippen LogP contribution is 2.38. The molecule has 1 aromatic heterocycles. The number of aromatic nitrogens is 1. The standard InChI is InChI=1S/C16H16F4N2O2/c17-11-1-2-13-12(8-11)10(9-21-13)7-14(23)22-5-3-15(24,4-6-22)16(18,19)20/h1-2,8-9,21,24H,3-7H2. The summed E-state index contributed by atoms with van der Waals surface area (Å²) in [6.45, 7) is -0.322. The molecule has 1 aliphatic rings. The first-order valence-corrected chi connectivity index (χ1v) is 7.52. The van der Waals surface area contributed by atoms with Crippen LogP contribution in [0.3, 0.4) is 0 Å². The number of hydrogen-bond donors (Lipinski definition) is 2. The van der Waals surface area contributed by atoms with Gasteiger partial charge in [-0.2, -0.15) is 13.2 Å². The number of likely N-dealkylation sites (tertiary alicyclic amines) is 1. The Bertz CT molecular complexity index is 761. The second-order valence-corrected chi connectivity index (χ2v) is 6.09. The maximum absolute atomic E-state index is 13.3. The van der Waals surface area contributed by atoms with Gasteiger partial charge in [0.05, 0.1) is 6.42 Å². The highest BCUT2D eigenvalue weighted by Gasteiger charge is 2.54. The molecular formula is C16H16F4N2O2. The topological polar surface area (TPSA) is 56.3 Å². The fourth-order valence-electron chi connectivity index (χ4n) is 2.98. The average Bonchev–Trinajstić information content (AvgIpc) is 2.89. The van der Waals surface area contributed by atoms with Crippen molar-refractivity contribution in [2.75, 3.05) is 13.1 Å². The van der Waals surface area contributed by atoms with Crippen molar-refractivity contribution in [3.8, 4) is 0 Å². The van der Waals surface area contributed by atoms with Crippen molar-refractivity contribution in [3.63, 3.8) is 0 Å². The zero-order chi connectivity index (χ0) is 17.5. The van der Waals surface area contributed by atoms with E-state index in [9.17, 15) is 27.5 Å². The van der Waals surface area contributed by atoms with Gasteiger partial charge in [0, 0.05) is 43.0 Å². The van der Waals surface area contributed by atoms with Crippen molar-refractivity contribution in [3.05, 3.63) is 35.8 Å². The van der Waals surface area contributed by atoms with Gasteiger partial charge in [0.2, 0.25) is 5.91 Å². The zero-order valence-corrected chi connectivity index (χ0v) is 12.7. The summed E-state index contributed by atoms with van der Waals surface area (Å²) in [5.41, 5.74) is -1.45. The van der Waals surface area contributed by atoms with Crippen LogP contribution in [-0.4, -0.2) is 45.8 Å². The van der Waals surface area contributed by atoms with Gasteiger partial charge < -0.3 is 15.0 Å². The number of hydrogen-bond acceptors (Lipinski definition) is 2. The van der Waals surface area contributed by atoms with Crippen LogP contribution >= 0.6 is 0 Å². The Morgan fingerprint density at radius 3 is 2.58 bits per heavy atom. The van der Waals surface area contributed by atoms with E-state index in [2.05, 4.69) is 4.98 Å². The lowest BCUT2D eigenvalue weighted by molar-refractivity contribution is -0.272. The number of nitrogens with zero attached hydrogens (tertiary/aromatic N) is 1. The number of aliphatic hydroxyl groups is 1. The van der Waals surface area contributed by atoms with Gasteiger partial charge in [-0.15, -0.1) is 0 Å². The largest absolute Gasteiger partial charge is 0.417 e. The maximum Gasteiger partial charge on any atom is 0.417 e. The molecule has 8 heteroatoms. The highest BCUT2D eigenvalue weighted by atomic mass is 19.4. The Kier molecular flexibility index (Phi) is 4.03. The normalized spacial score (nSPS) is 18.1. The van der Waals surface area contributed by atoms with E-state index in [1.807, 2.05) is 0 Å². The molecule has 24 heavy (non-hydrogen) atoms. The van der Waals surface area contributed by atoms with E-state index >= 15 is 0 Å². The van der Waals surface area contributed by atoms with Crippen LogP contribution < -0.4 is 0 Å². The number of carbonyl (C=O) groups excluding carboxylic acids is 1. The van der Waals surface area contributed by atoms with Crippen LogP contribution in [-0.2, 0) is 11.2 Å². The van der Waals surface area contributed by atoms with Crippen LogP contribution in [0.5, 0.6) is 0 Å². The molecule has 0 radical (unpaired) electrons. The average molecular weight is 344 g/mol. The third kappa shape index (κ3) is 2.98. The molecule has 1 saturated heterocycles. The van der Waals surface area contributed by atoms with Crippen molar-refractivity contribution in [1.82, 2.24) is 9.88 Å². The van der Waals surface area contributed by atoms with Crippen LogP contribution in [0, 0.1) is 5.82 Å². The number of rotatable bonds is 2. The molecule has 0 unspecified atom stereocenters. The minimum atomic E-state index is -4.70. The van der Waals surface area contributed by atoms with E-state index in [0.29, 0.717) is 16.5 Å². The molecule has 1 aromatic carbocycles. The lowest BCUT2D eigenvalue weighted by Crippen LogP contribution is -2.54. The van der Waals surface area contributed by atoms with E-state index in [1.54, 1.807) is 12.3 Å². The fraction of sp³-hybridized carbons (Fsp3) is 0.438. The van der Waals surface area contributed by atoms with E-state index in [4.69, 9.17) is 0 Å². The molecule has 1 fully saturated rings. The molecule has 2 N–H and O–H groups in total. The van der Waals surface area contributed by atoms with Crippen molar-refractivity contribution in [1.29, 1.82) is 0 Å². The van der Waals surface area contributed by atoms with E-state index in [0.717, 1.165) is 0 Å². The van der Waals surface area contributed by atoms with E-state index in [-0.39, 0.29) is 25.4 Å². The Morgan fingerprint density at radius 2 is 1.96 bits per heavy atom. The van der Waals surface area contributed by atoms with E-state index in [1.165, 1.54) is 17.0 Å². The number of carbonyl (C=O) groups is 1. The lowest BCUT2D eigenvalue weighted by atomic mass is 9.90. The molecule has 0 atom stereocenters. The SMILES string of the molecule is O=C(Cc1c[nH]c2ccc(F)cc12)N1CCC(O)(C(F)(F)F)CC1. The van der Waals surface area contributed by atoms with Gasteiger partial charge in [-0.25, -0.2) is 4.39 Å². The first-order chi connectivity index (χ1) is 11.2. The summed E-state index contributed by atoms with van der Waals surface area (Å²) in [6, 6.07) is 4.17. The van der Waals surface area contributed by atoms with Crippen LogP contribution in [0.4, 0.5) is 17.6 Å². The third-order valence-corrected chi connectivity index (χ3v) is 4.54. The molecule has 0 aliphatic carbocycles. The predicted molar refractivity (Wildman–Crippen MR) is 78.8 cm³/mol. The van der Waals surface area contributed by atoms with Crippen LogP contribution in [0.25, 0.3) is 10.9 Å². The molecule has 1 amide bonds. The summed E-state index contributed by atoms with van der Waals surface area (Å²) in [7, 11) is 0. The number of benzene rings is 1. The Hall–Kier alpha value is -2.09. The molecule has 2 aromatic rings. The van der Waals surface area contributed by atoms with Gasteiger partial charge in [0.25, 0.3) is 0 Å². The molecule has 1 aliphatic heterocycles. The lowest BCUT2D eigenvalue weighted by Gasteiger charge is -2.39.